The summed E-state index contributed by atoms with van der Waals surface area (Å²) in [6.07, 6.45) is 0.531. The number of rotatable bonds is 7. The van der Waals surface area contributed by atoms with Crippen molar-refractivity contribution < 1.29 is 9.69 Å². The van der Waals surface area contributed by atoms with Crippen LogP contribution in [0.25, 0.3) is 0 Å². The molecule has 5 nitrogen and oxygen atoms in total. The van der Waals surface area contributed by atoms with E-state index in [1.54, 1.807) is 4.90 Å². The van der Waals surface area contributed by atoms with Crippen molar-refractivity contribution in [2.45, 2.75) is 19.4 Å². The predicted molar refractivity (Wildman–Crippen MR) is 116 cm³/mol. The Labute approximate surface area is 168 Å². The summed E-state index contributed by atoms with van der Waals surface area (Å²) in [4.78, 5) is 18.0. The maximum atomic E-state index is 11.9. The largest absolute Gasteiger partial charge is 0.378 e. The monoisotopic (exact) mass is 381 g/mol. The molecule has 28 heavy (non-hydrogen) atoms. The molecule has 2 N–H and O–H groups in total. The number of hydrogen-bond acceptors (Lipinski definition) is 3. The van der Waals surface area contributed by atoms with Gasteiger partial charge in [0.1, 0.15) is 6.04 Å². The van der Waals surface area contributed by atoms with Crippen LogP contribution in [0.5, 0.6) is 0 Å². The molecular formula is C23H33N4O+. The van der Waals surface area contributed by atoms with E-state index in [2.05, 4.69) is 83.8 Å². The molecule has 0 radical (unpaired) electrons. The van der Waals surface area contributed by atoms with E-state index in [0.717, 1.165) is 26.2 Å². The van der Waals surface area contributed by atoms with Crippen molar-refractivity contribution in [2.75, 3.05) is 56.6 Å². The summed E-state index contributed by atoms with van der Waals surface area (Å²) >= 11 is 0. The zero-order chi connectivity index (χ0) is 19.9. The van der Waals surface area contributed by atoms with Crippen molar-refractivity contribution in [3.63, 3.8) is 0 Å². The first kappa shape index (κ1) is 20.2. The van der Waals surface area contributed by atoms with Crippen molar-refractivity contribution in [1.29, 1.82) is 0 Å². The van der Waals surface area contributed by atoms with Crippen LogP contribution in [0.15, 0.2) is 54.6 Å². The quantitative estimate of drug-likeness (QED) is 0.767. The second-order valence-electron chi connectivity index (χ2n) is 7.68. The molecule has 1 aliphatic heterocycles. The zero-order valence-corrected chi connectivity index (χ0v) is 17.3. The average Bonchev–Trinajstić information content (AvgIpc) is 2.75. The highest BCUT2D eigenvalue weighted by molar-refractivity contribution is 5.75. The Morgan fingerprint density at radius 3 is 2.29 bits per heavy atom. The molecule has 2 aromatic carbocycles. The summed E-state index contributed by atoms with van der Waals surface area (Å²) in [5.41, 5.74) is 3.79. The van der Waals surface area contributed by atoms with Crippen LogP contribution in [-0.4, -0.2) is 52.7 Å². The maximum Gasteiger partial charge on any atom is 0.219 e. The molecule has 150 valence electrons. The molecule has 1 atom stereocenters. The van der Waals surface area contributed by atoms with Gasteiger partial charge < -0.3 is 20.0 Å². The lowest BCUT2D eigenvalue weighted by Gasteiger charge is -2.38. The zero-order valence-electron chi connectivity index (χ0n) is 17.3. The first-order chi connectivity index (χ1) is 13.6. The third-order valence-electron chi connectivity index (χ3n) is 5.66. The highest BCUT2D eigenvalue weighted by Crippen LogP contribution is 2.17. The SMILES string of the molecule is CCC(=O)NC[C@@H](c1ccc(N(C)C)cc1)[NH+]1CCN(c2ccccc2)CC1. The summed E-state index contributed by atoms with van der Waals surface area (Å²) in [6, 6.07) is 19.7. The molecule has 5 heteroatoms. The lowest BCUT2D eigenvalue weighted by molar-refractivity contribution is -0.931. The average molecular weight is 382 g/mol. The summed E-state index contributed by atoms with van der Waals surface area (Å²) in [5, 5.41) is 3.12. The molecule has 3 rings (SSSR count). The fourth-order valence-electron chi connectivity index (χ4n) is 3.88. The van der Waals surface area contributed by atoms with Gasteiger partial charge in [0, 0.05) is 37.5 Å². The Hall–Kier alpha value is -2.53. The van der Waals surface area contributed by atoms with E-state index >= 15 is 0 Å². The standard InChI is InChI=1S/C23H32N4O/c1-4-23(28)24-18-22(19-10-12-20(13-11-19)25(2)3)27-16-14-26(15-17-27)21-8-6-5-7-9-21/h5-13,22H,4,14-18H2,1-3H3,(H,24,28)/p+1/t22-/m0/s1. The molecule has 0 bridgehead atoms. The van der Waals surface area contributed by atoms with Crippen LogP contribution in [0, 0.1) is 0 Å². The minimum absolute atomic E-state index is 0.122. The second-order valence-corrected chi connectivity index (χ2v) is 7.68. The molecule has 0 aromatic heterocycles. The van der Waals surface area contributed by atoms with Crippen molar-refractivity contribution in [1.82, 2.24) is 5.32 Å². The van der Waals surface area contributed by atoms with Gasteiger partial charge in [0.25, 0.3) is 0 Å². The van der Waals surface area contributed by atoms with E-state index in [1.807, 2.05) is 6.92 Å². The van der Waals surface area contributed by atoms with Gasteiger partial charge >= 0.3 is 0 Å². The number of carbonyl (C=O) groups excluding carboxylic acids is 1. The molecule has 0 aliphatic carbocycles. The van der Waals surface area contributed by atoms with Gasteiger partial charge in [0.05, 0.1) is 32.7 Å². The van der Waals surface area contributed by atoms with E-state index in [0.29, 0.717) is 13.0 Å². The molecular weight excluding hydrogens is 348 g/mol. The molecule has 1 aliphatic rings. The summed E-state index contributed by atoms with van der Waals surface area (Å²) in [5.74, 6) is 0.122. The fourth-order valence-corrected chi connectivity index (χ4v) is 3.88. The number of piperazine rings is 1. The van der Waals surface area contributed by atoms with Crippen LogP contribution in [0.2, 0.25) is 0 Å². The summed E-state index contributed by atoms with van der Waals surface area (Å²) in [6.45, 7) is 6.80. The van der Waals surface area contributed by atoms with Crippen LogP contribution in [0.4, 0.5) is 11.4 Å². The topological polar surface area (TPSA) is 40.0 Å². The molecule has 0 unspecified atom stereocenters. The Morgan fingerprint density at radius 1 is 1.07 bits per heavy atom. The van der Waals surface area contributed by atoms with E-state index < -0.39 is 0 Å². The molecule has 1 fully saturated rings. The number of nitrogens with one attached hydrogen (secondary N) is 2. The Morgan fingerprint density at radius 2 is 1.71 bits per heavy atom. The fraction of sp³-hybridized carbons (Fsp3) is 0.435. The number of para-hydroxylation sites is 1. The van der Waals surface area contributed by atoms with Crippen LogP contribution < -0.4 is 20.0 Å². The lowest BCUT2D eigenvalue weighted by atomic mass is 10.0. The normalized spacial score (nSPS) is 15.9. The van der Waals surface area contributed by atoms with Crippen LogP contribution in [0.3, 0.4) is 0 Å². The van der Waals surface area contributed by atoms with Crippen LogP contribution >= 0.6 is 0 Å². The molecule has 2 aromatic rings. The molecule has 1 saturated heterocycles. The summed E-state index contributed by atoms with van der Waals surface area (Å²) < 4.78 is 0. The van der Waals surface area contributed by atoms with Gasteiger partial charge in [-0.3, -0.25) is 4.79 Å². The predicted octanol–water partition coefficient (Wildman–Crippen LogP) is 1.73. The van der Waals surface area contributed by atoms with E-state index in [4.69, 9.17) is 0 Å². The number of nitrogens with zero attached hydrogens (tertiary/aromatic N) is 2. The Balaban J connectivity index is 1.71. The van der Waals surface area contributed by atoms with Crippen molar-refractivity contribution in [3.8, 4) is 0 Å². The third-order valence-corrected chi connectivity index (χ3v) is 5.66. The Kier molecular flexibility index (Phi) is 6.93. The number of amides is 1. The number of carbonyl (C=O) groups is 1. The van der Waals surface area contributed by atoms with Crippen LogP contribution in [0.1, 0.15) is 24.9 Å². The number of benzene rings is 2. The van der Waals surface area contributed by atoms with E-state index in [9.17, 15) is 4.79 Å². The second kappa shape index (κ2) is 9.60. The van der Waals surface area contributed by atoms with Gasteiger partial charge in [0.2, 0.25) is 5.91 Å². The Bertz CT molecular complexity index is 737. The highest BCUT2D eigenvalue weighted by atomic mass is 16.1. The van der Waals surface area contributed by atoms with Gasteiger partial charge in [-0.2, -0.15) is 0 Å². The number of anilines is 2. The van der Waals surface area contributed by atoms with Gasteiger partial charge in [0.15, 0.2) is 0 Å². The van der Waals surface area contributed by atoms with Gasteiger partial charge in [-0.05, 0) is 24.3 Å². The lowest BCUT2D eigenvalue weighted by Crippen LogP contribution is -3.15. The molecule has 0 spiro atoms. The highest BCUT2D eigenvalue weighted by Gasteiger charge is 2.29. The smallest absolute Gasteiger partial charge is 0.219 e. The van der Waals surface area contributed by atoms with Crippen molar-refractivity contribution in [3.05, 3.63) is 60.2 Å². The molecule has 1 amide bonds. The number of hydrogen-bond donors (Lipinski definition) is 2. The first-order valence-corrected chi connectivity index (χ1v) is 10.3. The molecule has 1 heterocycles. The summed E-state index contributed by atoms with van der Waals surface area (Å²) in [7, 11) is 4.12. The van der Waals surface area contributed by atoms with Gasteiger partial charge in [-0.15, -0.1) is 0 Å². The number of quaternary nitrogens is 1. The van der Waals surface area contributed by atoms with Crippen LogP contribution in [-0.2, 0) is 4.79 Å². The van der Waals surface area contributed by atoms with Gasteiger partial charge in [-0.25, -0.2) is 0 Å². The van der Waals surface area contributed by atoms with Crippen molar-refractivity contribution >= 4 is 17.3 Å². The van der Waals surface area contributed by atoms with E-state index in [1.165, 1.54) is 16.9 Å². The first-order valence-electron chi connectivity index (χ1n) is 10.3. The minimum Gasteiger partial charge on any atom is -0.378 e. The minimum atomic E-state index is 0.122. The van der Waals surface area contributed by atoms with Crippen molar-refractivity contribution in [2.24, 2.45) is 0 Å². The third kappa shape index (κ3) is 5.04. The maximum absolute atomic E-state index is 11.9. The van der Waals surface area contributed by atoms with Gasteiger partial charge in [-0.1, -0.05) is 37.3 Å². The van der Waals surface area contributed by atoms with E-state index in [-0.39, 0.29) is 11.9 Å². The molecule has 0 saturated carbocycles.